The van der Waals surface area contributed by atoms with Crippen molar-refractivity contribution in [1.29, 1.82) is 0 Å². The van der Waals surface area contributed by atoms with Crippen LogP contribution in [-0.2, 0) is 0 Å². The summed E-state index contributed by atoms with van der Waals surface area (Å²) in [5.41, 5.74) is 0. The van der Waals surface area contributed by atoms with Crippen LogP contribution in [0.1, 0.15) is 61.6 Å². The molecule has 1 unspecified atom stereocenters. The van der Waals surface area contributed by atoms with E-state index in [1.807, 2.05) is 11.3 Å². The molecule has 0 saturated heterocycles. The Morgan fingerprint density at radius 1 is 1.12 bits per heavy atom. The number of rotatable bonds is 8. The third-order valence-electron chi connectivity index (χ3n) is 2.78. The fourth-order valence-corrected chi connectivity index (χ4v) is 4.60. The van der Waals surface area contributed by atoms with E-state index in [2.05, 4.69) is 60.8 Å². The summed E-state index contributed by atoms with van der Waals surface area (Å²) in [6.45, 7) is 2.26. The lowest BCUT2D eigenvalue weighted by Crippen LogP contribution is -1.87. The minimum atomic E-state index is 0.515. The first-order valence-electron chi connectivity index (χ1n) is 6.24. The van der Waals surface area contributed by atoms with E-state index < -0.39 is 0 Å². The van der Waals surface area contributed by atoms with E-state index in [0.717, 1.165) is 0 Å². The third-order valence-corrected chi connectivity index (χ3v) is 7.41. The minimum absolute atomic E-state index is 0.515. The Morgan fingerprint density at radius 3 is 2.35 bits per heavy atom. The van der Waals surface area contributed by atoms with Gasteiger partial charge in [0.25, 0.3) is 0 Å². The standard InChI is InChI=1S/C13H19Br3S/c1-2-3-4-5-6-7-8-10(14)12-9-11(15)13(16)17-12/h9-10H,2-8H2,1H3. The highest BCUT2D eigenvalue weighted by Gasteiger charge is 2.12. The SMILES string of the molecule is CCCCCCCCC(Br)c1cc(Br)c(Br)s1. The topological polar surface area (TPSA) is 0 Å². The third kappa shape index (κ3) is 6.22. The van der Waals surface area contributed by atoms with Crippen LogP contribution in [0.3, 0.4) is 0 Å². The van der Waals surface area contributed by atoms with E-state index >= 15 is 0 Å². The summed E-state index contributed by atoms with van der Waals surface area (Å²) in [7, 11) is 0. The zero-order valence-corrected chi connectivity index (χ0v) is 15.7. The summed E-state index contributed by atoms with van der Waals surface area (Å²) in [5, 5.41) is 0. The second kappa shape index (κ2) is 9.11. The smallest absolute Gasteiger partial charge is 0.0843 e. The van der Waals surface area contributed by atoms with Gasteiger partial charge in [0.1, 0.15) is 0 Å². The molecule has 0 nitrogen and oxygen atoms in total. The van der Waals surface area contributed by atoms with Crippen molar-refractivity contribution in [3.05, 3.63) is 19.2 Å². The highest BCUT2D eigenvalue weighted by Crippen LogP contribution is 2.40. The van der Waals surface area contributed by atoms with E-state index in [1.165, 1.54) is 58.1 Å². The first-order valence-corrected chi connectivity index (χ1v) is 9.55. The molecule has 0 aliphatic heterocycles. The molecule has 0 aliphatic rings. The molecule has 0 saturated carbocycles. The van der Waals surface area contributed by atoms with Crippen molar-refractivity contribution in [2.45, 2.75) is 56.7 Å². The van der Waals surface area contributed by atoms with Crippen LogP contribution < -0.4 is 0 Å². The van der Waals surface area contributed by atoms with Gasteiger partial charge < -0.3 is 0 Å². The Bertz CT molecular complexity index is 303. The highest BCUT2D eigenvalue weighted by atomic mass is 79.9. The number of unbranched alkanes of at least 4 members (excludes halogenated alkanes) is 5. The first-order chi connectivity index (χ1) is 8.15. The Labute approximate surface area is 134 Å². The minimum Gasteiger partial charge on any atom is -0.131 e. The van der Waals surface area contributed by atoms with Gasteiger partial charge in [-0.25, -0.2) is 0 Å². The van der Waals surface area contributed by atoms with Gasteiger partial charge in [-0.3, -0.25) is 0 Å². The van der Waals surface area contributed by atoms with Crippen LogP contribution in [-0.4, -0.2) is 0 Å². The van der Waals surface area contributed by atoms with Crippen LogP contribution in [0.15, 0.2) is 14.3 Å². The van der Waals surface area contributed by atoms with Gasteiger partial charge in [0, 0.05) is 14.2 Å². The lowest BCUT2D eigenvalue weighted by atomic mass is 10.1. The zero-order valence-electron chi connectivity index (χ0n) is 10.1. The summed E-state index contributed by atoms with van der Waals surface area (Å²) in [6, 6.07) is 2.21. The molecule has 0 bridgehead atoms. The summed E-state index contributed by atoms with van der Waals surface area (Å²) < 4.78 is 2.37. The average molecular weight is 447 g/mol. The van der Waals surface area contributed by atoms with Gasteiger partial charge in [0.15, 0.2) is 0 Å². The molecule has 0 aliphatic carbocycles. The van der Waals surface area contributed by atoms with Gasteiger partial charge in [-0.15, -0.1) is 11.3 Å². The summed E-state index contributed by atoms with van der Waals surface area (Å²) in [4.78, 5) is 1.93. The molecule has 1 aromatic heterocycles. The normalized spacial score (nSPS) is 12.9. The van der Waals surface area contributed by atoms with Crippen LogP contribution in [0.2, 0.25) is 0 Å². The van der Waals surface area contributed by atoms with E-state index in [1.54, 1.807) is 0 Å². The molecule has 0 N–H and O–H groups in total. The van der Waals surface area contributed by atoms with E-state index in [9.17, 15) is 0 Å². The average Bonchev–Trinajstić information content (AvgIpc) is 2.64. The molecular weight excluding hydrogens is 428 g/mol. The monoisotopic (exact) mass is 444 g/mol. The Hall–Kier alpha value is 1.14. The largest absolute Gasteiger partial charge is 0.131 e. The van der Waals surface area contributed by atoms with Gasteiger partial charge >= 0.3 is 0 Å². The second-order valence-corrected chi connectivity index (χ2v) is 8.66. The highest BCUT2D eigenvalue weighted by molar-refractivity contribution is 9.13. The molecule has 0 aromatic carbocycles. The molecule has 1 rings (SSSR count). The van der Waals surface area contributed by atoms with Crippen molar-refractivity contribution in [3.63, 3.8) is 0 Å². The van der Waals surface area contributed by atoms with Crippen molar-refractivity contribution in [2.24, 2.45) is 0 Å². The maximum absolute atomic E-state index is 3.79. The van der Waals surface area contributed by atoms with Crippen LogP contribution in [0.25, 0.3) is 0 Å². The predicted octanol–water partition coefficient (Wildman–Crippen LogP) is 7.46. The molecule has 98 valence electrons. The van der Waals surface area contributed by atoms with E-state index in [-0.39, 0.29) is 0 Å². The molecule has 17 heavy (non-hydrogen) atoms. The van der Waals surface area contributed by atoms with Crippen molar-refractivity contribution in [3.8, 4) is 0 Å². The van der Waals surface area contributed by atoms with Gasteiger partial charge in [-0.2, -0.15) is 0 Å². The van der Waals surface area contributed by atoms with Gasteiger partial charge in [0.05, 0.1) is 3.79 Å². The summed E-state index contributed by atoms with van der Waals surface area (Å²) >= 11 is 12.7. The van der Waals surface area contributed by atoms with Crippen molar-refractivity contribution >= 4 is 59.1 Å². The number of hydrogen-bond acceptors (Lipinski definition) is 1. The van der Waals surface area contributed by atoms with Crippen molar-refractivity contribution < 1.29 is 0 Å². The lowest BCUT2D eigenvalue weighted by Gasteiger charge is -2.06. The van der Waals surface area contributed by atoms with Gasteiger partial charge in [0.2, 0.25) is 0 Å². The quantitative estimate of drug-likeness (QED) is 0.287. The predicted molar refractivity (Wildman–Crippen MR) is 89.4 cm³/mol. The van der Waals surface area contributed by atoms with E-state index in [4.69, 9.17) is 0 Å². The lowest BCUT2D eigenvalue weighted by molar-refractivity contribution is 0.589. The number of alkyl halides is 1. The zero-order chi connectivity index (χ0) is 12.7. The molecule has 1 aromatic rings. The fraction of sp³-hybridized carbons (Fsp3) is 0.692. The molecular formula is C13H19Br3S. The molecule has 0 radical (unpaired) electrons. The Kier molecular flexibility index (Phi) is 8.68. The summed E-state index contributed by atoms with van der Waals surface area (Å²) in [5.74, 6) is 0. The second-order valence-electron chi connectivity index (χ2n) is 4.29. The molecule has 1 atom stereocenters. The number of halogens is 3. The van der Waals surface area contributed by atoms with Gasteiger partial charge in [-0.1, -0.05) is 61.4 Å². The van der Waals surface area contributed by atoms with Gasteiger partial charge in [-0.05, 0) is 44.3 Å². The van der Waals surface area contributed by atoms with Crippen LogP contribution in [0.5, 0.6) is 0 Å². The Morgan fingerprint density at radius 2 is 1.76 bits per heavy atom. The fourth-order valence-electron chi connectivity index (χ4n) is 1.76. The molecule has 4 heteroatoms. The van der Waals surface area contributed by atoms with Crippen molar-refractivity contribution in [2.75, 3.05) is 0 Å². The molecule has 0 fully saturated rings. The molecule has 0 amide bonds. The molecule has 0 spiro atoms. The maximum Gasteiger partial charge on any atom is 0.0843 e. The van der Waals surface area contributed by atoms with Crippen molar-refractivity contribution in [1.82, 2.24) is 0 Å². The maximum atomic E-state index is 3.79. The Balaban J connectivity index is 2.19. The van der Waals surface area contributed by atoms with Crippen LogP contribution >= 0.6 is 59.1 Å². The summed E-state index contributed by atoms with van der Waals surface area (Å²) in [6.07, 6.45) is 9.46. The van der Waals surface area contributed by atoms with E-state index in [0.29, 0.717) is 4.83 Å². The number of hydrogen-bond donors (Lipinski definition) is 0. The van der Waals surface area contributed by atoms with Crippen LogP contribution in [0.4, 0.5) is 0 Å². The van der Waals surface area contributed by atoms with Crippen LogP contribution in [0, 0.1) is 0 Å². The number of thiophene rings is 1. The first kappa shape index (κ1) is 16.2. The molecule has 1 heterocycles.